The van der Waals surface area contributed by atoms with Gasteiger partial charge >= 0.3 is 0 Å². The molecule has 0 fully saturated rings. The predicted octanol–water partition coefficient (Wildman–Crippen LogP) is 4.99. The number of carbonyl (C=O) groups is 2. The summed E-state index contributed by atoms with van der Waals surface area (Å²) in [6, 6.07) is 13.0. The maximum Gasteiger partial charge on any atom is 0.248 e. The van der Waals surface area contributed by atoms with Crippen LogP contribution in [-0.4, -0.2) is 16.3 Å². The minimum absolute atomic E-state index is 0.105. The molecule has 2 N–H and O–H groups in total. The monoisotopic (exact) mass is 382 g/mol. The summed E-state index contributed by atoms with van der Waals surface area (Å²) in [4.78, 5) is 24.4. The number of nitrogens with two attached hydrogens (primary N) is 1. The Morgan fingerprint density at radius 1 is 1.11 bits per heavy atom. The van der Waals surface area contributed by atoms with Crippen LogP contribution in [0.2, 0.25) is 5.02 Å². The van der Waals surface area contributed by atoms with Crippen molar-refractivity contribution in [1.82, 2.24) is 4.57 Å². The minimum Gasteiger partial charge on any atom is -0.366 e. The third-order valence-corrected chi connectivity index (χ3v) is 5.20. The Bertz CT molecular complexity index is 1020. The summed E-state index contributed by atoms with van der Waals surface area (Å²) in [5.41, 5.74) is 9.45. The maximum absolute atomic E-state index is 12.7. The highest BCUT2D eigenvalue weighted by atomic mass is 35.5. The molecular weight excluding hydrogens is 360 g/mol. The summed E-state index contributed by atoms with van der Waals surface area (Å²) < 4.78 is 2.11. The quantitative estimate of drug-likeness (QED) is 0.585. The van der Waals surface area contributed by atoms with Crippen LogP contribution in [-0.2, 0) is 13.0 Å². The van der Waals surface area contributed by atoms with E-state index in [9.17, 15) is 9.59 Å². The van der Waals surface area contributed by atoms with Gasteiger partial charge in [0, 0.05) is 40.2 Å². The van der Waals surface area contributed by atoms with E-state index in [2.05, 4.69) is 11.5 Å². The van der Waals surface area contributed by atoms with Crippen LogP contribution in [0.25, 0.3) is 10.9 Å². The van der Waals surface area contributed by atoms with E-state index >= 15 is 0 Å². The molecule has 1 amide bonds. The maximum atomic E-state index is 12.7. The van der Waals surface area contributed by atoms with Gasteiger partial charge in [-0.25, -0.2) is 0 Å². The van der Waals surface area contributed by atoms with Crippen LogP contribution in [0, 0.1) is 0 Å². The standard InChI is InChI=1S/C22H23ClN2O2/c1-3-7-18-21(20(26)4-2)16-11-10-14(22(24)27)12-19(16)25(18)13-15-8-5-6-9-17(15)23/h5-6,8-12H,3-4,7,13H2,1-2H3,(H2,24,27). The topological polar surface area (TPSA) is 65.1 Å². The number of aromatic nitrogens is 1. The number of amides is 1. The van der Waals surface area contributed by atoms with Crippen LogP contribution in [0.4, 0.5) is 0 Å². The Kier molecular flexibility index (Phi) is 5.66. The molecule has 3 aromatic rings. The van der Waals surface area contributed by atoms with Gasteiger partial charge < -0.3 is 10.3 Å². The van der Waals surface area contributed by atoms with E-state index in [1.165, 1.54) is 0 Å². The third kappa shape index (κ3) is 3.62. The highest BCUT2D eigenvalue weighted by Gasteiger charge is 2.22. The first-order chi connectivity index (χ1) is 13.0. The van der Waals surface area contributed by atoms with Crippen LogP contribution in [0.3, 0.4) is 0 Å². The fourth-order valence-electron chi connectivity index (χ4n) is 3.52. The second-order valence-corrected chi connectivity index (χ2v) is 7.03. The lowest BCUT2D eigenvalue weighted by atomic mass is 10.0. The minimum atomic E-state index is -0.484. The molecular formula is C22H23ClN2O2. The number of benzene rings is 2. The lowest BCUT2D eigenvalue weighted by Gasteiger charge is -2.13. The molecule has 140 valence electrons. The van der Waals surface area contributed by atoms with Crippen molar-refractivity contribution in [3.05, 3.63) is 69.9 Å². The molecule has 1 heterocycles. The Morgan fingerprint density at radius 3 is 2.48 bits per heavy atom. The number of ketones is 1. The molecule has 0 saturated carbocycles. The molecule has 0 aliphatic heterocycles. The SMILES string of the molecule is CCCc1c(C(=O)CC)c2ccc(C(N)=O)cc2n1Cc1ccccc1Cl. The molecule has 0 atom stereocenters. The molecule has 0 saturated heterocycles. The number of Topliss-reactive ketones (excluding diaryl/α,β-unsaturated/α-hetero) is 1. The van der Waals surface area contributed by atoms with E-state index in [0.717, 1.165) is 40.6 Å². The van der Waals surface area contributed by atoms with Crippen molar-refractivity contribution < 1.29 is 9.59 Å². The molecule has 0 radical (unpaired) electrons. The number of hydrogen-bond donors (Lipinski definition) is 1. The summed E-state index contributed by atoms with van der Waals surface area (Å²) >= 11 is 6.38. The van der Waals surface area contributed by atoms with Crippen molar-refractivity contribution in [2.24, 2.45) is 5.73 Å². The van der Waals surface area contributed by atoms with Crippen molar-refractivity contribution in [3.63, 3.8) is 0 Å². The van der Waals surface area contributed by atoms with E-state index < -0.39 is 5.91 Å². The van der Waals surface area contributed by atoms with Gasteiger partial charge in [-0.2, -0.15) is 0 Å². The lowest BCUT2D eigenvalue weighted by molar-refractivity contribution is 0.0984. The van der Waals surface area contributed by atoms with Crippen molar-refractivity contribution >= 4 is 34.2 Å². The third-order valence-electron chi connectivity index (χ3n) is 4.83. The fraction of sp³-hybridized carbons (Fsp3) is 0.273. The highest BCUT2D eigenvalue weighted by Crippen LogP contribution is 2.31. The Hall–Kier alpha value is -2.59. The number of halogens is 1. The molecule has 5 heteroatoms. The summed E-state index contributed by atoms with van der Waals surface area (Å²) in [6.07, 6.45) is 2.11. The molecule has 1 aromatic heterocycles. The molecule has 2 aromatic carbocycles. The van der Waals surface area contributed by atoms with E-state index in [1.54, 1.807) is 12.1 Å². The van der Waals surface area contributed by atoms with E-state index in [-0.39, 0.29) is 5.78 Å². The number of nitrogens with zero attached hydrogens (tertiary/aromatic N) is 1. The highest BCUT2D eigenvalue weighted by molar-refractivity contribution is 6.31. The Labute approximate surface area is 163 Å². The molecule has 3 rings (SSSR count). The smallest absolute Gasteiger partial charge is 0.248 e. The van der Waals surface area contributed by atoms with E-state index in [1.807, 2.05) is 37.3 Å². The molecule has 0 unspecified atom stereocenters. The van der Waals surface area contributed by atoms with Crippen LogP contribution >= 0.6 is 11.6 Å². The van der Waals surface area contributed by atoms with Crippen LogP contribution in [0.5, 0.6) is 0 Å². The van der Waals surface area contributed by atoms with Gasteiger partial charge in [-0.3, -0.25) is 9.59 Å². The van der Waals surface area contributed by atoms with Gasteiger partial charge in [0.2, 0.25) is 5.91 Å². The fourth-order valence-corrected chi connectivity index (χ4v) is 3.71. The number of hydrogen-bond acceptors (Lipinski definition) is 2. The van der Waals surface area contributed by atoms with Crippen molar-refractivity contribution in [2.75, 3.05) is 0 Å². The zero-order chi connectivity index (χ0) is 19.6. The van der Waals surface area contributed by atoms with Crippen LogP contribution in [0.1, 0.15) is 58.7 Å². The van der Waals surface area contributed by atoms with Crippen molar-refractivity contribution in [3.8, 4) is 0 Å². The predicted molar refractivity (Wildman–Crippen MR) is 110 cm³/mol. The number of primary amides is 1. The average Bonchev–Trinajstić information content (AvgIpc) is 2.96. The van der Waals surface area contributed by atoms with Gasteiger partial charge in [0.15, 0.2) is 5.78 Å². The Balaban J connectivity index is 2.31. The average molecular weight is 383 g/mol. The van der Waals surface area contributed by atoms with Gasteiger partial charge in [-0.05, 0) is 30.2 Å². The number of fused-ring (bicyclic) bond motifs is 1. The summed E-state index contributed by atoms with van der Waals surface area (Å²) in [7, 11) is 0. The van der Waals surface area contributed by atoms with Crippen LogP contribution < -0.4 is 5.73 Å². The largest absolute Gasteiger partial charge is 0.366 e. The summed E-state index contributed by atoms with van der Waals surface area (Å²) in [5.74, 6) is -0.379. The van der Waals surface area contributed by atoms with Crippen molar-refractivity contribution in [2.45, 2.75) is 39.7 Å². The van der Waals surface area contributed by atoms with Gasteiger partial charge in [0.1, 0.15) is 0 Å². The summed E-state index contributed by atoms with van der Waals surface area (Å²) in [6.45, 7) is 4.49. The van der Waals surface area contributed by atoms with Crippen molar-refractivity contribution in [1.29, 1.82) is 0 Å². The first-order valence-corrected chi connectivity index (χ1v) is 9.57. The van der Waals surface area contributed by atoms with E-state index in [0.29, 0.717) is 23.6 Å². The molecule has 0 spiro atoms. The molecule has 0 bridgehead atoms. The Morgan fingerprint density at radius 2 is 1.85 bits per heavy atom. The molecule has 0 aliphatic rings. The number of carbonyl (C=O) groups excluding carboxylic acids is 2. The second kappa shape index (κ2) is 7.97. The second-order valence-electron chi connectivity index (χ2n) is 6.62. The molecule has 4 nitrogen and oxygen atoms in total. The van der Waals surface area contributed by atoms with E-state index in [4.69, 9.17) is 17.3 Å². The zero-order valence-electron chi connectivity index (χ0n) is 15.6. The first-order valence-electron chi connectivity index (χ1n) is 9.19. The van der Waals surface area contributed by atoms with Gasteiger partial charge in [-0.1, -0.05) is 56.1 Å². The number of rotatable bonds is 7. The zero-order valence-corrected chi connectivity index (χ0v) is 16.3. The molecule has 0 aliphatic carbocycles. The lowest BCUT2D eigenvalue weighted by Crippen LogP contribution is -2.11. The van der Waals surface area contributed by atoms with Gasteiger partial charge in [0.25, 0.3) is 0 Å². The normalized spacial score (nSPS) is 11.1. The first kappa shape index (κ1) is 19.2. The molecule has 27 heavy (non-hydrogen) atoms. The van der Waals surface area contributed by atoms with Gasteiger partial charge in [0.05, 0.1) is 5.52 Å². The van der Waals surface area contributed by atoms with Crippen LogP contribution in [0.15, 0.2) is 42.5 Å². The summed E-state index contributed by atoms with van der Waals surface area (Å²) in [5, 5.41) is 1.54. The van der Waals surface area contributed by atoms with Gasteiger partial charge in [-0.15, -0.1) is 0 Å².